The maximum atomic E-state index is 12.0. The molecule has 1 aromatic carbocycles. The van der Waals surface area contributed by atoms with E-state index in [2.05, 4.69) is 10.0 Å². The van der Waals surface area contributed by atoms with Gasteiger partial charge in [0.1, 0.15) is 0 Å². The SMILES string of the molecule is CNCc1cc(S(=O)(=O)NC2CC2)ccc1Cl. The molecule has 0 spiro atoms. The third kappa shape index (κ3) is 3.19. The molecule has 2 N–H and O–H groups in total. The molecular weight excluding hydrogens is 260 g/mol. The maximum absolute atomic E-state index is 12.0. The average Bonchev–Trinajstić information content (AvgIpc) is 3.04. The zero-order valence-electron chi connectivity index (χ0n) is 9.53. The van der Waals surface area contributed by atoms with Gasteiger partial charge < -0.3 is 5.32 Å². The van der Waals surface area contributed by atoms with Crippen LogP contribution in [0, 0.1) is 0 Å². The van der Waals surface area contributed by atoms with Crippen LogP contribution in [0.1, 0.15) is 18.4 Å². The topological polar surface area (TPSA) is 58.2 Å². The van der Waals surface area contributed by atoms with Crippen LogP contribution in [0.4, 0.5) is 0 Å². The van der Waals surface area contributed by atoms with Crippen LogP contribution in [0.15, 0.2) is 23.1 Å². The zero-order valence-corrected chi connectivity index (χ0v) is 11.1. The average molecular weight is 275 g/mol. The Bertz CT molecular complexity index is 512. The number of hydrogen-bond acceptors (Lipinski definition) is 3. The molecule has 0 heterocycles. The predicted molar refractivity (Wildman–Crippen MR) is 67.6 cm³/mol. The van der Waals surface area contributed by atoms with E-state index in [9.17, 15) is 8.42 Å². The molecule has 2 rings (SSSR count). The van der Waals surface area contributed by atoms with E-state index in [4.69, 9.17) is 11.6 Å². The fraction of sp³-hybridized carbons (Fsp3) is 0.455. The summed E-state index contributed by atoms with van der Waals surface area (Å²) in [5.74, 6) is 0. The monoisotopic (exact) mass is 274 g/mol. The number of sulfonamides is 1. The van der Waals surface area contributed by atoms with E-state index < -0.39 is 10.0 Å². The number of halogens is 1. The van der Waals surface area contributed by atoms with Crippen molar-refractivity contribution in [1.82, 2.24) is 10.0 Å². The first kappa shape index (κ1) is 12.8. The molecule has 4 nitrogen and oxygen atoms in total. The van der Waals surface area contributed by atoms with E-state index in [1.165, 1.54) is 6.07 Å². The van der Waals surface area contributed by atoms with Crippen LogP contribution in [0.2, 0.25) is 5.02 Å². The van der Waals surface area contributed by atoms with E-state index in [0.717, 1.165) is 18.4 Å². The lowest BCUT2D eigenvalue weighted by atomic mass is 10.2. The summed E-state index contributed by atoms with van der Waals surface area (Å²) in [5.41, 5.74) is 0.785. The van der Waals surface area contributed by atoms with Gasteiger partial charge in [0.15, 0.2) is 0 Å². The maximum Gasteiger partial charge on any atom is 0.240 e. The van der Waals surface area contributed by atoms with Crippen molar-refractivity contribution in [3.8, 4) is 0 Å². The Morgan fingerprint density at radius 1 is 1.41 bits per heavy atom. The summed E-state index contributed by atoms with van der Waals surface area (Å²) in [6.07, 6.45) is 1.85. The Labute approximate surface area is 106 Å². The van der Waals surface area contributed by atoms with Crippen LogP contribution in [0.3, 0.4) is 0 Å². The Hall–Kier alpha value is -0.620. The van der Waals surface area contributed by atoms with Crippen LogP contribution in [-0.2, 0) is 16.6 Å². The second-order valence-corrected chi connectivity index (χ2v) is 6.30. The van der Waals surface area contributed by atoms with Crippen LogP contribution in [0.5, 0.6) is 0 Å². The quantitative estimate of drug-likeness (QED) is 0.856. The summed E-state index contributed by atoms with van der Waals surface area (Å²) in [6, 6.07) is 4.88. The first-order valence-corrected chi connectivity index (χ1v) is 7.34. The molecule has 0 aromatic heterocycles. The molecule has 1 aromatic rings. The fourth-order valence-corrected chi connectivity index (χ4v) is 3.07. The summed E-state index contributed by atoms with van der Waals surface area (Å²) in [6.45, 7) is 0.547. The summed E-state index contributed by atoms with van der Waals surface area (Å²) in [7, 11) is -1.60. The standard InChI is InChI=1S/C11H15ClN2O2S/c1-13-7-8-6-10(4-5-11(8)12)17(15,16)14-9-2-3-9/h4-6,9,13-14H,2-3,7H2,1H3. The molecule has 17 heavy (non-hydrogen) atoms. The first-order valence-electron chi connectivity index (χ1n) is 5.48. The zero-order chi connectivity index (χ0) is 12.5. The molecule has 0 bridgehead atoms. The van der Waals surface area contributed by atoms with Crippen molar-refractivity contribution in [3.63, 3.8) is 0 Å². The van der Waals surface area contributed by atoms with Crippen LogP contribution < -0.4 is 10.0 Å². The number of rotatable bonds is 5. The van der Waals surface area contributed by atoms with Gasteiger partial charge in [-0.05, 0) is 43.7 Å². The lowest BCUT2D eigenvalue weighted by Gasteiger charge is -2.09. The lowest BCUT2D eigenvalue weighted by Crippen LogP contribution is -2.25. The highest BCUT2D eigenvalue weighted by molar-refractivity contribution is 7.89. The molecule has 1 fully saturated rings. The van der Waals surface area contributed by atoms with Crippen LogP contribution in [-0.4, -0.2) is 21.5 Å². The summed E-state index contributed by atoms with van der Waals surface area (Å²) < 4.78 is 26.6. The van der Waals surface area contributed by atoms with Gasteiger partial charge in [-0.25, -0.2) is 13.1 Å². The normalized spacial score (nSPS) is 16.1. The summed E-state index contributed by atoms with van der Waals surface area (Å²) in [4.78, 5) is 0.277. The minimum Gasteiger partial charge on any atom is -0.316 e. The molecule has 1 saturated carbocycles. The molecule has 0 unspecified atom stereocenters. The molecule has 1 aliphatic rings. The lowest BCUT2D eigenvalue weighted by molar-refractivity contribution is 0.581. The molecule has 94 valence electrons. The Morgan fingerprint density at radius 2 is 2.12 bits per heavy atom. The van der Waals surface area contributed by atoms with Crippen molar-refractivity contribution in [2.24, 2.45) is 0 Å². The smallest absolute Gasteiger partial charge is 0.240 e. The second kappa shape index (κ2) is 4.94. The molecule has 0 atom stereocenters. The Kier molecular flexibility index (Phi) is 3.73. The van der Waals surface area contributed by atoms with Gasteiger partial charge in [0.25, 0.3) is 0 Å². The van der Waals surface area contributed by atoms with Gasteiger partial charge in [0, 0.05) is 17.6 Å². The largest absolute Gasteiger partial charge is 0.316 e. The highest BCUT2D eigenvalue weighted by Gasteiger charge is 2.28. The summed E-state index contributed by atoms with van der Waals surface area (Å²) in [5, 5.41) is 3.53. The van der Waals surface area contributed by atoms with Crippen molar-refractivity contribution in [2.45, 2.75) is 30.3 Å². The van der Waals surface area contributed by atoms with Crippen molar-refractivity contribution in [2.75, 3.05) is 7.05 Å². The molecule has 0 aliphatic heterocycles. The third-order valence-electron chi connectivity index (χ3n) is 2.59. The van der Waals surface area contributed by atoms with Gasteiger partial charge in [-0.1, -0.05) is 11.6 Å². The first-order chi connectivity index (χ1) is 8.03. The predicted octanol–water partition coefficient (Wildman–Crippen LogP) is 1.50. The van der Waals surface area contributed by atoms with E-state index in [-0.39, 0.29) is 10.9 Å². The molecular formula is C11H15ClN2O2S. The van der Waals surface area contributed by atoms with Crippen LogP contribution in [0.25, 0.3) is 0 Å². The van der Waals surface area contributed by atoms with E-state index in [1.807, 2.05) is 0 Å². The van der Waals surface area contributed by atoms with E-state index in [0.29, 0.717) is 11.6 Å². The highest BCUT2D eigenvalue weighted by atomic mass is 35.5. The van der Waals surface area contributed by atoms with Gasteiger partial charge in [-0.2, -0.15) is 0 Å². The molecule has 0 amide bonds. The minimum absolute atomic E-state index is 0.114. The summed E-state index contributed by atoms with van der Waals surface area (Å²) >= 11 is 5.99. The van der Waals surface area contributed by atoms with Gasteiger partial charge in [-0.3, -0.25) is 0 Å². The highest BCUT2D eigenvalue weighted by Crippen LogP contribution is 2.24. The Morgan fingerprint density at radius 3 is 2.71 bits per heavy atom. The number of benzene rings is 1. The molecule has 1 aliphatic carbocycles. The Balaban J connectivity index is 2.28. The number of hydrogen-bond donors (Lipinski definition) is 2. The van der Waals surface area contributed by atoms with Crippen molar-refractivity contribution in [1.29, 1.82) is 0 Å². The second-order valence-electron chi connectivity index (χ2n) is 4.18. The van der Waals surface area contributed by atoms with Crippen LogP contribution >= 0.6 is 11.6 Å². The fourth-order valence-electron chi connectivity index (χ4n) is 1.53. The van der Waals surface area contributed by atoms with Crippen molar-refractivity contribution >= 4 is 21.6 Å². The van der Waals surface area contributed by atoms with Crippen molar-refractivity contribution in [3.05, 3.63) is 28.8 Å². The molecule has 0 saturated heterocycles. The van der Waals surface area contributed by atoms with E-state index >= 15 is 0 Å². The van der Waals surface area contributed by atoms with Gasteiger partial charge >= 0.3 is 0 Å². The number of nitrogens with one attached hydrogen (secondary N) is 2. The third-order valence-corrected chi connectivity index (χ3v) is 4.48. The van der Waals surface area contributed by atoms with Gasteiger partial charge in [0.2, 0.25) is 10.0 Å². The minimum atomic E-state index is -3.39. The van der Waals surface area contributed by atoms with E-state index in [1.54, 1.807) is 19.2 Å². The van der Waals surface area contributed by atoms with Crippen molar-refractivity contribution < 1.29 is 8.42 Å². The molecule has 6 heteroatoms. The molecule has 0 radical (unpaired) electrons. The van der Waals surface area contributed by atoms with Gasteiger partial charge in [-0.15, -0.1) is 0 Å². The van der Waals surface area contributed by atoms with Gasteiger partial charge in [0.05, 0.1) is 4.90 Å².